The highest BCUT2D eigenvalue weighted by molar-refractivity contribution is 5.98. The van der Waals surface area contributed by atoms with Gasteiger partial charge in [-0.15, -0.1) is 0 Å². The van der Waals surface area contributed by atoms with Crippen molar-refractivity contribution in [3.05, 3.63) is 77.9 Å². The lowest BCUT2D eigenvalue weighted by molar-refractivity contribution is -0.0618. The number of amides is 1. The molecule has 1 heterocycles. The lowest BCUT2D eigenvalue weighted by Gasteiger charge is -2.56. The van der Waals surface area contributed by atoms with Gasteiger partial charge in [0.05, 0.1) is 13.2 Å². The number of aliphatic hydroxyl groups excluding tert-OH is 1. The molecule has 1 N–H and O–H groups in total. The van der Waals surface area contributed by atoms with E-state index >= 15 is 0 Å². The lowest BCUT2D eigenvalue weighted by Crippen LogP contribution is -2.61. The smallest absolute Gasteiger partial charge is 0.253 e. The van der Waals surface area contributed by atoms with Crippen molar-refractivity contribution in [2.24, 2.45) is 11.8 Å². The number of nitrogens with zero attached hydrogens (tertiary/aromatic N) is 2. The van der Waals surface area contributed by atoms with Crippen molar-refractivity contribution in [2.45, 2.75) is 49.7 Å². The fourth-order valence-electron chi connectivity index (χ4n) is 7.00. The van der Waals surface area contributed by atoms with Gasteiger partial charge >= 0.3 is 0 Å². The van der Waals surface area contributed by atoms with Crippen LogP contribution in [0, 0.1) is 11.8 Å². The number of rotatable bonds is 6. The molecule has 1 unspecified atom stereocenters. The number of methoxy groups -OCH3 is 1. The quantitative estimate of drug-likeness (QED) is 0.513. The number of piperidine rings is 1. The number of hydrogen-bond donors (Lipinski definition) is 1. The number of ether oxygens (including phenoxy) is 1. The summed E-state index contributed by atoms with van der Waals surface area (Å²) in [6.07, 6.45) is 4.68. The van der Waals surface area contributed by atoms with Gasteiger partial charge in [-0.1, -0.05) is 42.5 Å². The molecule has 37 heavy (non-hydrogen) atoms. The fraction of sp³-hybridized carbons (Fsp3) is 0.469. The molecule has 0 spiro atoms. The van der Waals surface area contributed by atoms with Crippen molar-refractivity contribution in [3.8, 4) is 5.75 Å². The molecular formula is C32H38N2O3. The minimum Gasteiger partial charge on any atom is -0.497 e. The predicted molar refractivity (Wildman–Crippen MR) is 147 cm³/mol. The summed E-state index contributed by atoms with van der Waals surface area (Å²) in [6, 6.07) is 22.5. The summed E-state index contributed by atoms with van der Waals surface area (Å²) in [5.41, 5.74) is 1.75. The van der Waals surface area contributed by atoms with Gasteiger partial charge in [0.2, 0.25) is 0 Å². The van der Waals surface area contributed by atoms with E-state index in [2.05, 4.69) is 29.2 Å². The van der Waals surface area contributed by atoms with E-state index in [4.69, 9.17) is 4.74 Å². The molecule has 2 aliphatic carbocycles. The van der Waals surface area contributed by atoms with Gasteiger partial charge in [0, 0.05) is 43.1 Å². The first kappa shape index (κ1) is 24.4. The molecule has 6 rings (SSSR count). The van der Waals surface area contributed by atoms with Crippen LogP contribution in [0.3, 0.4) is 0 Å². The molecule has 3 fully saturated rings. The van der Waals surface area contributed by atoms with E-state index in [1.54, 1.807) is 7.11 Å². The highest BCUT2D eigenvalue weighted by Gasteiger charge is 2.53. The first-order valence-electron chi connectivity index (χ1n) is 13.8. The molecule has 3 aromatic carbocycles. The van der Waals surface area contributed by atoms with Gasteiger partial charge in [-0.05, 0) is 85.2 Å². The van der Waals surface area contributed by atoms with Crippen LogP contribution in [0.4, 0.5) is 0 Å². The number of carbonyl (C=O) groups is 1. The standard InChI is InChI=1S/C32H38N2O3/c1-33(31(36)25-13-12-23-6-3-4-7-24(23)16-25)27-18-30(35)29-21-34(20-22-10-11-22)15-14-32(29,19-27)26-8-5-9-28(17-26)37-2/h3-9,12-13,16-17,22,27,29-30,35H,10-11,14-15,18-21H2,1-2H3/t27-,29-,30?,32-/m0/s1. The van der Waals surface area contributed by atoms with E-state index in [-0.39, 0.29) is 23.3 Å². The van der Waals surface area contributed by atoms with E-state index in [0.717, 1.165) is 54.9 Å². The van der Waals surface area contributed by atoms with Gasteiger partial charge in [-0.2, -0.15) is 0 Å². The predicted octanol–water partition coefficient (Wildman–Crippen LogP) is 5.11. The summed E-state index contributed by atoms with van der Waals surface area (Å²) < 4.78 is 5.60. The van der Waals surface area contributed by atoms with Crippen molar-refractivity contribution in [1.29, 1.82) is 0 Å². The van der Waals surface area contributed by atoms with Crippen LogP contribution >= 0.6 is 0 Å². The summed E-state index contributed by atoms with van der Waals surface area (Å²) >= 11 is 0. The molecule has 0 aromatic heterocycles. The molecular weight excluding hydrogens is 460 g/mol. The van der Waals surface area contributed by atoms with Crippen molar-refractivity contribution >= 4 is 16.7 Å². The number of fused-ring (bicyclic) bond motifs is 2. The summed E-state index contributed by atoms with van der Waals surface area (Å²) in [5, 5.41) is 13.8. The molecule has 3 aliphatic rings. The molecule has 1 saturated heterocycles. The van der Waals surface area contributed by atoms with Crippen LogP contribution in [0.15, 0.2) is 66.7 Å². The summed E-state index contributed by atoms with van der Waals surface area (Å²) in [7, 11) is 3.62. The van der Waals surface area contributed by atoms with Crippen LogP contribution < -0.4 is 4.74 Å². The zero-order valence-corrected chi connectivity index (χ0v) is 22.0. The highest BCUT2D eigenvalue weighted by atomic mass is 16.5. The Morgan fingerprint density at radius 3 is 2.68 bits per heavy atom. The number of aliphatic hydroxyl groups is 1. The third-order valence-corrected chi connectivity index (χ3v) is 9.34. The third kappa shape index (κ3) is 4.64. The van der Waals surface area contributed by atoms with Crippen LogP contribution in [0.5, 0.6) is 5.75 Å². The summed E-state index contributed by atoms with van der Waals surface area (Å²) in [6.45, 7) is 3.11. The molecule has 5 heteroatoms. The second-order valence-corrected chi connectivity index (χ2v) is 11.6. The lowest BCUT2D eigenvalue weighted by atomic mass is 9.56. The van der Waals surface area contributed by atoms with E-state index in [0.29, 0.717) is 12.0 Å². The maximum atomic E-state index is 13.7. The largest absolute Gasteiger partial charge is 0.497 e. The fourth-order valence-corrected chi connectivity index (χ4v) is 7.00. The third-order valence-electron chi connectivity index (χ3n) is 9.34. The van der Waals surface area contributed by atoms with Crippen molar-refractivity contribution in [2.75, 3.05) is 33.8 Å². The Hall–Kier alpha value is -2.89. The number of carbonyl (C=O) groups excluding carboxylic acids is 1. The van der Waals surface area contributed by atoms with Crippen molar-refractivity contribution in [1.82, 2.24) is 9.80 Å². The first-order chi connectivity index (χ1) is 18.0. The average molecular weight is 499 g/mol. The Labute approximate surface area is 220 Å². The number of hydrogen-bond acceptors (Lipinski definition) is 4. The van der Waals surface area contributed by atoms with Gasteiger partial charge in [-0.25, -0.2) is 0 Å². The monoisotopic (exact) mass is 498 g/mol. The van der Waals surface area contributed by atoms with E-state index < -0.39 is 6.10 Å². The SMILES string of the molecule is COc1cccc([C@@]23CCN(CC4CC4)C[C@H]2C(O)C[C@H](N(C)C(=O)c2ccc4ccccc4c2)C3)c1. The molecule has 4 atom stereocenters. The zero-order valence-electron chi connectivity index (χ0n) is 22.0. The van der Waals surface area contributed by atoms with E-state index in [1.165, 1.54) is 18.4 Å². The van der Waals surface area contributed by atoms with Gasteiger partial charge in [0.15, 0.2) is 0 Å². The number of benzene rings is 3. The molecule has 194 valence electrons. The Kier molecular flexibility index (Phi) is 6.46. The van der Waals surface area contributed by atoms with Crippen LogP contribution in [0.25, 0.3) is 10.8 Å². The molecule has 2 saturated carbocycles. The van der Waals surface area contributed by atoms with Gasteiger partial charge in [-0.3, -0.25) is 4.79 Å². The maximum absolute atomic E-state index is 13.7. The summed E-state index contributed by atoms with van der Waals surface area (Å²) in [5.74, 6) is 1.85. The second kappa shape index (κ2) is 9.77. The second-order valence-electron chi connectivity index (χ2n) is 11.6. The Morgan fingerprint density at radius 2 is 1.89 bits per heavy atom. The van der Waals surface area contributed by atoms with Crippen LogP contribution in [0.1, 0.15) is 48.0 Å². The molecule has 1 amide bonds. The normalized spacial score (nSPS) is 28.0. The minimum atomic E-state index is -0.459. The van der Waals surface area contributed by atoms with Crippen molar-refractivity contribution in [3.63, 3.8) is 0 Å². The molecule has 3 aromatic rings. The Bertz CT molecular complexity index is 1290. The highest BCUT2D eigenvalue weighted by Crippen LogP contribution is 2.51. The van der Waals surface area contributed by atoms with Crippen LogP contribution in [0.2, 0.25) is 0 Å². The summed E-state index contributed by atoms with van der Waals surface area (Å²) in [4.78, 5) is 18.2. The van der Waals surface area contributed by atoms with Gasteiger partial charge in [0.25, 0.3) is 5.91 Å². The van der Waals surface area contributed by atoms with Crippen LogP contribution in [-0.4, -0.2) is 66.8 Å². The van der Waals surface area contributed by atoms with Gasteiger partial charge in [0.1, 0.15) is 5.75 Å². The molecule has 1 aliphatic heterocycles. The Morgan fingerprint density at radius 1 is 1.08 bits per heavy atom. The van der Waals surface area contributed by atoms with Crippen LogP contribution in [-0.2, 0) is 5.41 Å². The maximum Gasteiger partial charge on any atom is 0.253 e. The topological polar surface area (TPSA) is 53.0 Å². The number of likely N-dealkylation sites (tertiary alicyclic amines) is 1. The van der Waals surface area contributed by atoms with E-state index in [9.17, 15) is 9.90 Å². The molecule has 5 nitrogen and oxygen atoms in total. The van der Waals surface area contributed by atoms with Gasteiger partial charge < -0.3 is 19.6 Å². The average Bonchev–Trinajstić information content (AvgIpc) is 3.76. The Balaban J connectivity index is 1.30. The first-order valence-corrected chi connectivity index (χ1v) is 13.8. The zero-order chi connectivity index (χ0) is 25.6. The van der Waals surface area contributed by atoms with Crippen molar-refractivity contribution < 1.29 is 14.6 Å². The molecule has 0 radical (unpaired) electrons. The minimum absolute atomic E-state index is 0.0216. The molecule has 0 bridgehead atoms. The van der Waals surface area contributed by atoms with E-state index in [1.807, 2.05) is 54.4 Å².